The van der Waals surface area contributed by atoms with E-state index in [1.54, 1.807) is 18.2 Å². The first-order valence-electron chi connectivity index (χ1n) is 6.53. The number of aryl methyl sites for hydroxylation is 1. The molecule has 0 atom stereocenters. The Morgan fingerprint density at radius 2 is 2.05 bits per heavy atom. The van der Waals surface area contributed by atoms with E-state index in [0.29, 0.717) is 24.7 Å². The molecule has 0 aromatic heterocycles. The molecule has 0 unspecified atom stereocenters. The molecular weight excluding hydrogens is 274 g/mol. The maximum Gasteiger partial charge on any atom is 0.120 e. The number of hydrogen-bond donors (Lipinski definition) is 2. The summed E-state index contributed by atoms with van der Waals surface area (Å²) in [6.07, 6.45) is 0. The summed E-state index contributed by atoms with van der Waals surface area (Å²) in [5, 5.41) is 13.5. The van der Waals surface area contributed by atoms with Gasteiger partial charge < -0.3 is 15.2 Å². The normalized spacial score (nSPS) is 10.5. The lowest BCUT2D eigenvalue weighted by Gasteiger charge is -2.09. The Labute approximate surface area is 124 Å². The summed E-state index contributed by atoms with van der Waals surface area (Å²) in [7, 11) is 0. The molecule has 20 heavy (non-hydrogen) atoms. The van der Waals surface area contributed by atoms with Gasteiger partial charge in [0.1, 0.15) is 18.1 Å². The Kier molecular flexibility index (Phi) is 5.27. The summed E-state index contributed by atoms with van der Waals surface area (Å²) in [6, 6.07) is 13.0. The van der Waals surface area contributed by atoms with E-state index in [4.69, 9.17) is 16.3 Å². The second-order valence-corrected chi connectivity index (χ2v) is 5.05. The van der Waals surface area contributed by atoms with E-state index >= 15 is 0 Å². The minimum atomic E-state index is 0.251. The first kappa shape index (κ1) is 14.7. The van der Waals surface area contributed by atoms with E-state index in [-0.39, 0.29) is 5.75 Å². The molecular formula is C16H18ClNO2. The number of halogens is 1. The van der Waals surface area contributed by atoms with Crippen molar-refractivity contribution in [1.29, 1.82) is 0 Å². The fourth-order valence-electron chi connectivity index (χ4n) is 1.86. The molecule has 0 saturated heterocycles. The second-order valence-electron chi connectivity index (χ2n) is 4.61. The van der Waals surface area contributed by atoms with Crippen LogP contribution >= 0.6 is 11.6 Å². The van der Waals surface area contributed by atoms with Crippen LogP contribution in [0.3, 0.4) is 0 Å². The van der Waals surface area contributed by atoms with Crippen LogP contribution in [0.2, 0.25) is 5.02 Å². The van der Waals surface area contributed by atoms with Crippen LogP contribution in [-0.4, -0.2) is 18.3 Å². The van der Waals surface area contributed by atoms with Crippen LogP contribution in [0.1, 0.15) is 11.1 Å². The molecule has 106 valence electrons. The molecule has 0 saturated carbocycles. The summed E-state index contributed by atoms with van der Waals surface area (Å²) in [5.74, 6) is 1.12. The Morgan fingerprint density at radius 1 is 1.20 bits per heavy atom. The van der Waals surface area contributed by atoms with Gasteiger partial charge in [0.05, 0.1) is 0 Å². The molecule has 0 spiro atoms. The van der Waals surface area contributed by atoms with E-state index in [9.17, 15) is 5.11 Å². The number of ether oxygens (including phenoxy) is 1. The average Bonchev–Trinajstić information content (AvgIpc) is 2.42. The SMILES string of the molecule is Cc1cccc(OCCNCc2cc(Cl)ccc2O)c1. The number of phenolic OH excluding ortho intramolecular Hbond substituents is 1. The zero-order valence-electron chi connectivity index (χ0n) is 11.4. The summed E-state index contributed by atoms with van der Waals surface area (Å²) in [5.41, 5.74) is 1.97. The van der Waals surface area contributed by atoms with Crippen molar-refractivity contribution in [2.75, 3.05) is 13.2 Å². The molecule has 4 heteroatoms. The molecule has 2 rings (SSSR count). The van der Waals surface area contributed by atoms with Crippen LogP contribution in [0.25, 0.3) is 0 Å². The maximum atomic E-state index is 9.67. The number of rotatable bonds is 6. The Balaban J connectivity index is 1.73. The highest BCUT2D eigenvalue weighted by Gasteiger charge is 2.01. The van der Waals surface area contributed by atoms with Gasteiger partial charge in [0, 0.05) is 23.7 Å². The van der Waals surface area contributed by atoms with Gasteiger partial charge in [-0.3, -0.25) is 0 Å². The molecule has 0 radical (unpaired) electrons. The predicted molar refractivity (Wildman–Crippen MR) is 81.5 cm³/mol. The highest BCUT2D eigenvalue weighted by Crippen LogP contribution is 2.21. The van der Waals surface area contributed by atoms with Crippen molar-refractivity contribution in [3.63, 3.8) is 0 Å². The average molecular weight is 292 g/mol. The van der Waals surface area contributed by atoms with Gasteiger partial charge in [-0.15, -0.1) is 0 Å². The van der Waals surface area contributed by atoms with Gasteiger partial charge >= 0.3 is 0 Å². The second kappa shape index (κ2) is 7.17. The number of hydrogen-bond acceptors (Lipinski definition) is 3. The lowest BCUT2D eigenvalue weighted by atomic mass is 10.2. The van der Waals surface area contributed by atoms with Gasteiger partial charge in [0.2, 0.25) is 0 Å². The van der Waals surface area contributed by atoms with Crippen LogP contribution in [0.15, 0.2) is 42.5 Å². The van der Waals surface area contributed by atoms with Crippen molar-refractivity contribution in [3.8, 4) is 11.5 Å². The van der Waals surface area contributed by atoms with Gasteiger partial charge in [0.15, 0.2) is 0 Å². The van der Waals surface area contributed by atoms with E-state index in [0.717, 1.165) is 11.3 Å². The largest absolute Gasteiger partial charge is 0.508 e. The van der Waals surface area contributed by atoms with E-state index in [1.165, 1.54) is 5.56 Å². The molecule has 2 aromatic rings. The highest BCUT2D eigenvalue weighted by atomic mass is 35.5. The minimum Gasteiger partial charge on any atom is -0.508 e. The lowest BCUT2D eigenvalue weighted by molar-refractivity contribution is 0.313. The monoisotopic (exact) mass is 291 g/mol. The van der Waals surface area contributed by atoms with Gasteiger partial charge in [-0.05, 0) is 42.8 Å². The molecule has 0 aliphatic carbocycles. The number of phenols is 1. The minimum absolute atomic E-state index is 0.251. The molecule has 0 heterocycles. The molecule has 0 aliphatic rings. The van der Waals surface area contributed by atoms with Gasteiger partial charge in [-0.2, -0.15) is 0 Å². The summed E-state index contributed by atoms with van der Waals surface area (Å²) >= 11 is 5.89. The summed E-state index contributed by atoms with van der Waals surface area (Å²) < 4.78 is 5.63. The quantitative estimate of drug-likeness (QED) is 0.800. The molecule has 3 nitrogen and oxygen atoms in total. The Hall–Kier alpha value is -1.71. The van der Waals surface area contributed by atoms with E-state index < -0.39 is 0 Å². The van der Waals surface area contributed by atoms with E-state index in [1.807, 2.05) is 31.2 Å². The standard InChI is InChI=1S/C16H18ClNO2/c1-12-3-2-4-15(9-12)20-8-7-18-11-13-10-14(17)5-6-16(13)19/h2-6,9-10,18-19H,7-8,11H2,1H3. The third kappa shape index (κ3) is 4.44. The predicted octanol–water partition coefficient (Wildman–Crippen LogP) is 3.52. The fraction of sp³-hybridized carbons (Fsp3) is 0.250. The summed E-state index contributed by atoms with van der Waals surface area (Å²) in [6.45, 7) is 3.86. The number of aromatic hydroxyl groups is 1. The zero-order chi connectivity index (χ0) is 14.4. The van der Waals surface area contributed by atoms with E-state index in [2.05, 4.69) is 5.32 Å². The molecule has 2 aromatic carbocycles. The van der Waals surface area contributed by atoms with Gasteiger partial charge in [-0.25, -0.2) is 0 Å². The van der Waals surface area contributed by atoms with Crippen LogP contribution in [-0.2, 0) is 6.54 Å². The molecule has 0 fully saturated rings. The summed E-state index contributed by atoms with van der Waals surface area (Å²) in [4.78, 5) is 0. The van der Waals surface area contributed by atoms with Gasteiger partial charge in [-0.1, -0.05) is 23.7 Å². The third-order valence-corrected chi connectivity index (χ3v) is 3.13. The number of benzene rings is 2. The first-order valence-corrected chi connectivity index (χ1v) is 6.90. The van der Waals surface area contributed by atoms with Crippen LogP contribution in [0.4, 0.5) is 0 Å². The topological polar surface area (TPSA) is 41.5 Å². The van der Waals surface area contributed by atoms with Crippen LogP contribution in [0, 0.1) is 6.92 Å². The Bertz CT molecular complexity index is 572. The van der Waals surface area contributed by atoms with Crippen molar-refractivity contribution in [1.82, 2.24) is 5.32 Å². The van der Waals surface area contributed by atoms with Crippen molar-refractivity contribution in [2.24, 2.45) is 0 Å². The molecule has 0 aliphatic heterocycles. The maximum absolute atomic E-state index is 9.67. The first-order chi connectivity index (χ1) is 9.65. The van der Waals surface area contributed by atoms with Crippen LogP contribution < -0.4 is 10.1 Å². The lowest BCUT2D eigenvalue weighted by Crippen LogP contribution is -2.20. The van der Waals surface area contributed by atoms with Crippen molar-refractivity contribution >= 4 is 11.6 Å². The van der Waals surface area contributed by atoms with Crippen LogP contribution in [0.5, 0.6) is 11.5 Å². The zero-order valence-corrected chi connectivity index (χ0v) is 12.2. The van der Waals surface area contributed by atoms with Crippen molar-refractivity contribution in [2.45, 2.75) is 13.5 Å². The smallest absolute Gasteiger partial charge is 0.120 e. The van der Waals surface area contributed by atoms with Crippen molar-refractivity contribution < 1.29 is 9.84 Å². The van der Waals surface area contributed by atoms with Crippen molar-refractivity contribution in [3.05, 3.63) is 58.6 Å². The Morgan fingerprint density at radius 3 is 2.85 bits per heavy atom. The fourth-order valence-corrected chi connectivity index (χ4v) is 2.06. The van der Waals surface area contributed by atoms with Gasteiger partial charge in [0.25, 0.3) is 0 Å². The third-order valence-electron chi connectivity index (χ3n) is 2.89. The highest BCUT2D eigenvalue weighted by molar-refractivity contribution is 6.30. The molecule has 2 N–H and O–H groups in total. The molecule has 0 bridgehead atoms. The number of nitrogens with one attached hydrogen (secondary N) is 1. The molecule has 0 amide bonds.